The highest BCUT2D eigenvalue weighted by atomic mass is 35.5. The Morgan fingerprint density at radius 1 is 1.00 bits per heavy atom. The molecule has 1 rings (SSSR count). The van der Waals surface area contributed by atoms with Crippen molar-refractivity contribution in [2.75, 3.05) is 0 Å². The van der Waals surface area contributed by atoms with Gasteiger partial charge in [-0.1, -0.05) is 32.8 Å². The first-order chi connectivity index (χ1) is 8.17. The maximum absolute atomic E-state index is 11.3. The van der Waals surface area contributed by atoms with Crippen molar-refractivity contribution in [1.29, 1.82) is 0 Å². The van der Waals surface area contributed by atoms with Crippen LogP contribution < -0.4 is 0 Å². The largest absolute Gasteiger partial charge is 0.276 e. The lowest BCUT2D eigenvalue weighted by atomic mass is 9.99. The van der Waals surface area contributed by atoms with Crippen molar-refractivity contribution >= 4 is 16.8 Å². The molecule has 0 heterocycles. The van der Waals surface area contributed by atoms with Gasteiger partial charge in [-0.2, -0.15) is 0 Å². The maximum atomic E-state index is 11.3. The van der Waals surface area contributed by atoms with Crippen molar-refractivity contribution in [3.63, 3.8) is 0 Å². The van der Waals surface area contributed by atoms with E-state index in [1.165, 1.54) is 24.0 Å². The zero-order chi connectivity index (χ0) is 12.7. The number of hydrogen-bond donors (Lipinski definition) is 0. The molecule has 0 unspecified atom stereocenters. The Hall–Kier alpha value is -0.820. The van der Waals surface area contributed by atoms with Gasteiger partial charge in [-0.25, -0.2) is 0 Å². The second kappa shape index (κ2) is 7.50. The third kappa shape index (κ3) is 4.91. The molecule has 1 nitrogen and oxygen atoms in total. The van der Waals surface area contributed by atoms with Gasteiger partial charge in [0.15, 0.2) is 0 Å². The van der Waals surface area contributed by atoms with E-state index in [-0.39, 0.29) is 5.24 Å². The molecule has 1 aromatic rings. The molecule has 0 atom stereocenters. The van der Waals surface area contributed by atoms with Crippen molar-refractivity contribution in [3.8, 4) is 0 Å². The van der Waals surface area contributed by atoms with Gasteiger partial charge in [0.1, 0.15) is 0 Å². The van der Waals surface area contributed by atoms with Crippen molar-refractivity contribution in [2.24, 2.45) is 0 Å². The zero-order valence-electron chi connectivity index (χ0n) is 10.8. The maximum Gasteiger partial charge on any atom is 0.252 e. The Kier molecular flexibility index (Phi) is 6.28. The normalized spacial score (nSPS) is 10.5. The van der Waals surface area contributed by atoms with Gasteiger partial charge in [-0.15, -0.1) is 0 Å². The number of halogens is 1. The number of carbonyl (C=O) groups excluding carboxylic acids is 1. The Morgan fingerprint density at radius 3 is 1.82 bits per heavy atom. The van der Waals surface area contributed by atoms with Crippen LogP contribution >= 0.6 is 11.6 Å². The molecule has 0 saturated carbocycles. The second-order valence-electron chi connectivity index (χ2n) is 4.52. The van der Waals surface area contributed by atoms with Gasteiger partial charge < -0.3 is 0 Å². The van der Waals surface area contributed by atoms with Gasteiger partial charge >= 0.3 is 0 Å². The van der Waals surface area contributed by atoms with E-state index in [0.29, 0.717) is 5.56 Å². The first kappa shape index (κ1) is 14.2. The number of benzene rings is 1. The van der Waals surface area contributed by atoms with Crippen LogP contribution in [0.1, 0.15) is 61.0 Å². The van der Waals surface area contributed by atoms with E-state index in [1.807, 2.05) is 12.1 Å². The topological polar surface area (TPSA) is 17.1 Å². The summed E-state index contributed by atoms with van der Waals surface area (Å²) in [5.74, 6) is 0. The molecule has 0 saturated heterocycles. The first-order valence-corrected chi connectivity index (χ1v) is 6.87. The lowest BCUT2D eigenvalue weighted by molar-refractivity contribution is 0.108. The summed E-state index contributed by atoms with van der Waals surface area (Å²) in [6.07, 6.45) is 6.73. The zero-order valence-corrected chi connectivity index (χ0v) is 11.5. The monoisotopic (exact) mass is 252 g/mol. The smallest absolute Gasteiger partial charge is 0.252 e. The van der Waals surface area contributed by atoms with Crippen LogP contribution in [0.3, 0.4) is 0 Å². The van der Waals surface area contributed by atoms with Crippen LogP contribution in [0, 0.1) is 0 Å². The standard InChI is InChI=1S/C15H21ClO/c1-3-5-7-12-9-13(8-6-4-2)11-14(10-12)15(16)17/h9-11H,3-8H2,1-2H3. The molecular weight excluding hydrogens is 232 g/mol. The highest BCUT2D eigenvalue weighted by molar-refractivity contribution is 6.67. The van der Waals surface area contributed by atoms with Crippen LogP contribution in [-0.4, -0.2) is 5.24 Å². The van der Waals surface area contributed by atoms with E-state index < -0.39 is 0 Å². The third-order valence-corrected chi connectivity index (χ3v) is 3.14. The lowest BCUT2D eigenvalue weighted by Crippen LogP contribution is -1.97. The molecule has 0 spiro atoms. The van der Waals surface area contributed by atoms with E-state index >= 15 is 0 Å². The van der Waals surface area contributed by atoms with Gasteiger partial charge in [0.2, 0.25) is 0 Å². The molecular formula is C15H21ClO. The predicted molar refractivity (Wildman–Crippen MR) is 73.8 cm³/mol. The Bertz CT molecular complexity index is 345. The molecule has 1 aromatic carbocycles. The summed E-state index contributed by atoms with van der Waals surface area (Å²) in [5.41, 5.74) is 3.13. The number of aryl methyl sites for hydroxylation is 2. The van der Waals surface area contributed by atoms with Crippen LogP contribution in [0.25, 0.3) is 0 Å². The SMILES string of the molecule is CCCCc1cc(CCCC)cc(C(=O)Cl)c1. The van der Waals surface area contributed by atoms with E-state index in [1.54, 1.807) is 0 Å². The van der Waals surface area contributed by atoms with Gasteiger partial charge in [-0.05, 0) is 60.5 Å². The minimum atomic E-state index is -0.346. The average Bonchev–Trinajstić information content (AvgIpc) is 2.33. The molecule has 0 aromatic heterocycles. The Morgan fingerprint density at radius 2 is 1.47 bits per heavy atom. The Balaban J connectivity index is 2.88. The predicted octanol–water partition coefficient (Wildman–Crippen LogP) is 4.75. The van der Waals surface area contributed by atoms with Gasteiger partial charge in [0, 0.05) is 5.56 Å². The van der Waals surface area contributed by atoms with Gasteiger partial charge in [-0.3, -0.25) is 4.79 Å². The van der Waals surface area contributed by atoms with Crippen molar-refractivity contribution in [1.82, 2.24) is 0 Å². The highest BCUT2D eigenvalue weighted by Crippen LogP contribution is 2.16. The van der Waals surface area contributed by atoms with E-state index in [9.17, 15) is 4.79 Å². The Labute approximate surface area is 109 Å². The molecule has 94 valence electrons. The molecule has 0 N–H and O–H groups in total. The fourth-order valence-corrected chi connectivity index (χ4v) is 2.04. The van der Waals surface area contributed by atoms with E-state index in [4.69, 9.17) is 11.6 Å². The molecule has 2 heteroatoms. The summed E-state index contributed by atoms with van der Waals surface area (Å²) in [6, 6.07) is 6.08. The van der Waals surface area contributed by atoms with Crippen LogP contribution in [0.4, 0.5) is 0 Å². The summed E-state index contributed by atoms with van der Waals surface area (Å²) >= 11 is 5.58. The van der Waals surface area contributed by atoms with E-state index in [0.717, 1.165) is 25.7 Å². The van der Waals surface area contributed by atoms with Crippen molar-refractivity contribution in [2.45, 2.75) is 52.4 Å². The summed E-state index contributed by atoms with van der Waals surface area (Å²) < 4.78 is 0. The summed E-state index contributed by atoms with van der Waals surface area (Å²) in [4.78, 5) is 11.3. The number of carbonyl (C=O) groups is 1. The lowest BCUT2D eigenvalue weighted by Gasteiger charge is -2.07. The first-order valence-electron chi connectivity index (χ1n) is 6.50. The van der Waals surface area contributed by atoms with Crippen molar-refractivity contribution < 1.29 is 4.79 Å². The fraction of sp³-hybridized carbons (Fsp3) is 0.533. The molecule has 0 aliphatic heterocycles. The molecule has 0 bridgehead atoms. The molecule has 0 radical (unpaired) electrons. The molecule has 0 amide bonds. The van der Waals surface area contributed by atoms with Crippen LogP contribution in [0.15, 0.2) is 18.2 Å². The number of rotatable bonds is 7. The quantitative estimate of drug-likeness (QED) is 0.640. The molecule has 0 aliphatic carbocycles. The summed E-state index contributed by atoms with van der Waals surface area (Å²) in [6.45, 7) is 4.35. The van der Waals surface area contributed by atoms with E-state index in [2.05, 4.69) is 19.9 Å². The summed E-state index contributed by atoms with van der Waals surface area (Å²) in [7, 11) is 0. The minimum Gasteiger partial charge on any atom is -0.276 e. The highest BCUT2D eigenvalue weighted by Gasteiger charge is 2.06. The number of hydrogen-bond acceptors (Lipinski definition) is 1. The number of unbranched alkanes of at least 4 members (excludes halogenated alkanes) is 2. The van der Waals surface area contributed by atoms with Gasteiger partial charge in [0.25, 0.3) is 5.24 Å². The van der Waals surface area contributed by atoms with Crippen LogP contribution in [0.2, 0.25) is 0 Å². The van der Waals surface area contributed by atoms with Gasteiger partial charge in [0.05, 0.1) is 0 Å². The fourth-order valence-electron chi connectivity index (χ4n) is 1.93. The molecule has 17 heavy (non-hydrogen) atoms. The third-order valence-electron chi connectivity index (χ3n) is 2.92. The van der Waals surface area contributed by atoms with Crippen molar-refractivity contribution in [3.05, 3.63) is 34.9 Å². The molecule has 0 fully saturated rings. The van der Waals surface area contributed by atoms with Crippen LogP contribution in [-0.2, 0) is 12.8 Å². The summed E-state index contributed by atoms with van der Waals surface area (Å²) in [5, 5.41) is -0.346. The minimum absolute atomic E-state index is 0.346. The van der Waals surface area contributed by atoms with Crippen LogP contribution in [0.5, 0.6) is 0 Å². The second-order valence-corrected chi connectivity index (χ2v) is 4.86. The molecule has 0 aliphatic rings. The average molecular weight is 253 g/mol.